The summed E-state index contributed by atoms with van der Waals surface area (Å²) in [7, 11) is 1.17. The van der Waals surface area contributed by atoms with Gasteiger partial charge < -0.3 is 24.3 Å². The van der Waals surface area contributed by atoms with Gasteiger partial charge in [0, 0.05) is 17.8 Å². The minimum absolute atomic E-state index is 0.000913. The third kappa shape index (κ3) is 3.95. The zero-order valence-electron chi connectivity index (χ0n) is 15.0. The summed E-state index contributed by atoms with van der Waals surface area (Å²) in [6, 6.07) is 8.47. The molecule has 0 aromatic heterocycles. The fraction of sp³-hybridized carbons (Fsp3) is 0.222. The van der Waals surface area contributed by atoms with E-state index < -0.39 is 28.6 Å². The molecule has 0 fully saturated rings. The second kappa shape index (κ2) is 7.82. The minimum Gasteiger partial charge on any atom is -0.474 e. The number of ether oxygens (including phenoxy) is 4. The molecule has 10 nitrogen and oxygen atoms in total. The number of rotatable bonds is 6. The SMILES string of the molecule is COC(=O)c1ccc(O[C@@H](C)C(=O)Nc2ccc3c(c2)OCO3)c([N+](=O)[O-])c1. The number of carbonyl (C=O) groups excluding carboxylic acids is 2. The Balaban J connectivity index is 1.72. The molecule has 0 spiro atoms. The maximum atomic E-state index is 12.4. The van der Waals surface area contributed by atoms with Gasteiger partial charge in [-0.3, -0.25) is 14.9 Å². The summed E-state index contributed by atoms with van der Waals surface area (Å²) in [4.78, 5) is 34.5. The lowest BCUT2D eigenvalue weighted by atomic mass is 10.2. The van der Waals surface area contributed by atoms with E-state index in [-0.39, 0.29) is 18.1 Å². The van der Waals surface area contributed by atoms with E-state index in [9.17, 15) is 19.7 Å². The largest absolute Gasteiger partial charge is 0.474 e. The quantitative estimate of drug-likeness (QED) is 0.454. The van der Waals surface area contributed by atoms with Gasteiger partial charge in [-0.25, -0.2) is 4.79 Å². The third-order valence-electron chi connectivity index (χ3n) is 3.89. The number of fused-ring (bicyclic) bond motifs is 1. The molecule has 28 heavy (non-hydrogen) atoms. The van der Waals surface area contributed by atoms with Crippen LogP contribution in [0, 0.1) is 10.1 Å². The molecule has 3 rings (SSSR count). The van der Waals surface area contributed by atoms with E-state index in [2.05, 4.69) is 10.1 Å². The van der Waals surface area contributed by atoms with Gasteiger partial charge >= 0.3 is 11.7 Å². The molecular weight excluding hydrogens is 372 g/mol. The Hall–Kier alpha value is -3.82. The highest BCUT2D eigenvalue weighted by molar-refractivity contribution is 5.94. The van der Waals surface area contributed by atoms with Crippen molar-refractivity contribution in [3.8, 4) is 17.2 Å². The summed E-state index contributed by atoms with van der Waals surface area (Å²) in [5, 5.41) is 13.9. The normalized spacial score (nSPS) is 12.8. The highest BCUT2D eigenvalue weighted by Crippen LogP contribution is 2.34. The zero-order valence-corrected chi connectivity index (χ0v) is 15.0. The molecule has 1 atom stereocenters. The molecule has 0 radical (unpaired) electrons. The Bertz CT molecular complexity index is 943. The van der Waals surface area contributed by atoms with Crippen LogP contribution in [0.4, 0.5) is 11.4 Å². The van der Waals surface area contributed by atoms with E-state index in [0.29, 0.717) is 17.2 Å². The van der Waals surface area contributed by atoms with E-state index in [4.69, 9.17) is 14.2 Å². The molecular formula is C18H16N2O8. The summed E-state index contributed by atoms with van der Waals surface area (Å²) in [6.07, 6.45) is -1.05. The lowest BCUT2D eigenvalue weighted by molar-refractivity contribution is -0.386. The van der Waals surface area contributed by atoms with Crippen molar-refractivity contribution in [2.75, 3.05) is 19.2 Å². The molecule has 0 aliphatic carbocycles. The van der Waals surface area contributed by atoms with E-state index >= 15 is 0 Å². The van der Waals surface area contributed by atoms with Gasteiger partial charge in [0.05, 0.1) is 17.6 Å². The van der Waals surface area contributed by atoms with Crippen molar-refractivity contribution < 1.29 is 33.5 Å². The molecule has 2 aromatic rings. The Kier molecular flexibility index (Phi) is 5.30. The molecule has 1 heterocycles. The van der Waals surface area contributed by atoms with Crippen molar-refractivity contribution in [2.24, 2.45) is 0 Å². The number of amides is 1. The number of benzene rings is 2. The van der Waals surface area contributed by atoms with Crippen molar-refractivity contribution in [1.82, 2.24) is 0 Å². The maximum absolute atomic E-state index is 12.4. The van der Waals surface area contributed by atoms with E-state index in [1.54, 1.807) is 18.2 Å². The van der Waals surface area contributed by atoms with Crippen LogP contribution in [0.15, 0.2) is 36.4 Å². The average Bonchev–Trinajstić information content (AvgIpc) is 3.15. The molecule has 146 valence electrons. The lowest BCUT2D eigenvalue weighted by Crippen LogP contribution is -2.30. The Morgan fingerprint density at radius 1 is 1.18 bits per heavy atom. The van der Waals surface area contributed by atoms with E-state index in [0.717, 1.165) is 6.07 Å². The van der Waals surface area contributed by atoms with Crippen molar-refractivity contribution in [2.45, 2.75) is 13.0 Å². The van der Waals surface area contributed by atoms with Crippen LogP contribution in [-0.4, -0.2) is 36.8 Å². The number of carbonyl (C=O) groups is 2. The number of anilines is 1. The Morgan fingerprint density at radius 3 is 2.64 bits per heavy atom. The van der Waals surface area contributed by atoms with Crippen LogP contribution in [0.3, 0.4) is 0 Å². The summed E-state index contributed by atoms with van der Waals surface area (Å²) in [5.41, 5.74) is 0.00452. The topological polar surface area (TPSA) is 126 Å². The molecule has 0 saturated heterocycles. The lowest BCUT2D eigenvalue weighted by Gasteiger charge is -2.15. The van der Waals surface area contributed by atoms with Gasteiger partial charge in [-0.1, -0.05) is 0 Å². The number of methoxy groups -OCH3 is 1. The zero-order chi connectivity index (χ0) is 20.3. The first-order valence-corrected chi connectivity index (χ1v) is 8.13. The Morgan fingerprint density at radius 2 is 1.93 bits per heavy atom. The van der Waals surface area contributed by atoms with Crippen LogP contribution in [0.2, 0.25) is 0 Å². The van der Waals surface area contributed by atoms with Crippen molar-refractivity contribution in [1.29, 1.82) is 0 Å². The second-order valence-electron chi connectivity index (χ2n) is 5.75. The van der Waals surface area contributed by atoms with E-state index in [1.165, 1.54) is 26.2 Å². The molecule has 0 unspecified atom stereocenters. The molecule has 10 heteroatoms. The van der Waals surface area contributed by atoms with Crippen molar-refractivity contribution in [3.63, 3.8) is 0 Å². The van der Waals surface area contributed by atoms with Crippen LogP contribution in [0.1, 0.15) is 17.3 Å². The van der Waals surface area contributed by atoms with E-state index in [1.807, 2.05) is 0 Å². The maximum Gasteiger partial charge on any atom is 0.338 e. The average molecular weight is 388 g/mol. The number of nitrogens with one attached hydrogen (secondary N) is 1. The van der Waals surface area contributed by atoms with Gasteiger partial charge in [-0.15, -0.1) is 0 Å². The minimum atomic E-state index is -1.05. The van der Waals surface area contributed by atoms with Gasteiger partial charge in [0.1, 0.15) is 0 Å². The standard InChI is InChI=1S/C18H16N2O8/c1-10(17(21)19-12-4-6-15-16(8-12)27-9-26-15)28-14-5-3-11(18(22)25-2)7-13(14)20(23)24/h3-8,10H,9H2,1-2H3,(H,19,21)/t10-/m0/s1. The fourth-order valence-corrected chi connectivity index (χ4v) is 2.47. The van der Waals surface area contributed by atoms with Gasteiger partial charge in [-0.2, -0.15) is 0 Å². The number of esters is 1. The number of hydrogen-bond acceptors (Lipinski definition) is 8. The summed E-state index contributed by atoms with van der Waals surface area (Å²) in [6.45, 7) is 1.55. The first-order chi connectivity index (χ1) is 13.4. The Labute approximate surface area is 159 Å². The molecule has 0 saturated carbocycles. The van der Waals surface area contributed by atoms with Crippen LogP contribution < -0.4 is 19.5 Å². The van der Waals surface area contributed by atoms with Crippen LogP contribution in [0.25, 0.3) is 0 Å². The number of nitro benzene ring substituents is 1. The summed E-state index contributed by atoms with van der Waals surface area (Å²) < 4.78 is 20.4. The first-order valence-electron chi connectivity index (χ1n) is 8.13. The molecule has 1 N–H and O–H groups in total. The van der Waals surface area contributed by atoms with Crippen LogP contribution in [-0.2, 0) is 9.53 Å². The van der Waals surface area contributed by atoms with Gasteiger partial charge in [0.2, 0.25) is 6.79 Å². The molecule has 2 aromatic carbocycles. The van der Waals surface area contributed by atoms with Gasteiger partial charge in [0.15, 0.2) is 23.4 Å². The van der Waals surface area contributed by atoms with Crippen molar-refractivity contribution in [3.05, 3.63) is 52.1 Å². The molecule has 1 aliphatic heterocycles. The number of nitrogens with zero attached hydrogens (tertiary/aromatic N) is 1. The molecule has 0 bridgehead atoms. The molecule has 1 amide bonds. The van der Waals surface area contributed by atoms with Gasteiger partial charge in [0.25, 0.3) is 5.91 Å². The second-order valence-corrected chi connectivity index (χ2v) is 5.75. The summed E-state index contributed by atoms with van der Waals surface area (Å²) >= 11 is 0. The first kappa shape index (κ1) is 19.0. The third-order valence-corrected chi connectivity index (χ3v) is 3.89. The molecule has 1 aliphatic rings. The highest BCUT2D eigenvalue weighted by atomic mass is 16.7. The van der Waals surface area contributed by atoms with Gasteiger partial charge in [-0.05, 0) is 31.2 Å². The number of nitro groups is 1. The number of hydrogen-bond donors (Lipinski definition) is 1. The predicted octanol–water partition coefficient (Wildman–Crippen LogP) is 2.52. The monoisotopic (exact) mass is 388 g/mol. The summed E-state index contributed by atoms with van der Waals surface area (Å²) in [5.74, 6) is -0.316. The van der Waals surface area contributed by atoms with Crippen LogP contribution in [0.5, 0.6) is 17.2 Å². The highest BCUT2D eigenvalue weighted by Gasteiger charge is 2.24. The smallest absolute Gasteiger partial charge is 0.338 e. The predicted molar refractivity (Wildman–Crippen MR) is 95.7 cm³/mol. The van der Waals surface area contributed by atoms with Crippen molar-refractivity contribution >= 4 is 23.3 Å². The fourth-order valence-electron chi connectivity index (χ4n) is 2.47. The van der Waals surface area contributed by atoms with Crippen LogP contribution >= 0.6 is 0 Å².